The third-order valence-corrected chi connectivity index (χ3v) is 5.20. The topological polar surface area (TPSA) is 117 Å². The van der Waals surface area contributed by atoms with Crippen LogP contribution in [-0.2, 0) is 14.8 Å². The number of amides is 1. The number of halogens is 1. The molecule has 0 saturated carbocycles. The van der Waals surface area contributed by atoms with E-state index in [1.54, 1.807) is 0 Å². The van der Waals surface area contributed by atoms with E-state index in [4.69, 9.17) is 9.52 Å². The minimum Gasteiger partial charge on any atom is -0.475 e. The Morgan fingerprint density at radius 2 is 2.10 bits per heavy atom. The van der Waals surface area contributed by atoms with E-state index in [9.17, 15) is 18.0 Å². The first-order valence-electron chi connectivity index (χ1n) is 5.39. The van der Waals surface area contributed by atoms with E-state index in [1.165, 1.54) is 14.1 Å². The molecule has 0 spiro atoms. The zero-order chi connectivity index (χ0) is 15.5. The molecule has 1 aromatic heterocycles. The molecule has 1 amide bonds. The van der Waals surface area contributed by atoms with Crippen molar-refractivity contribution in [1.82, 2.24) is 9.62 Å². The molecule has 1 rings (SSSR count). The molecule has 2 N–H and O–H groups in total. The second kappa shape index (κ2) is 6.37. The van der Waals surface area contributed by atoms with Crippen molar-refractivity contribution < 1.29 is 27.5 Å². The largest absolute Gasteiger partial charge is 0.475 e. The zero-order valence-electron chi connectivity index (χ0n) is 10.7. The number of carboxylic acids is 1. The predicted octanol–water partition coefficient (Wildman–Crippen LogP) is 0.497. The maximum Gasteiger partial charge on any atom is 0.371 e. The van der Waals surface area contributed by atoms with Crippen LogP contribution in [0, 0.1) is 0 Å². The summed E-state index contributed by atoms with van der Waals surface area (Å²) in [5.41, 5.74) is 0. The number of rotatable bonds is 6. The van der Waals surface area contributed by atoms with Crippen molar-refractivity contribution in [1.29, 1.82) is 0 Å². The van der Waals surface area contributed by atoms with Gasteiger partial charge in [0.05, 0.1) is 0 Å². The van der Waals surface area contributed by atoms with Crippen molar-refractivity contribution in [3.63, 3.8) is 0 Å². The standard InChI is InChI=1S/C10H13BrN2O6S/c1-12-8(14)3-4-13(2)20(17,18)7-5-6(10(15)16)19-9(7)11/h5H,3-4H2,1-2H3,(H,12,14)(H,15,16). The van der Waals surface area contributed by atoms with E-state index in [0.29, 0.717) is 0 Å². The number of carbonyl (C=O) groups is 2. The van der Waals surface area contributed by atoms with E-state index < -0.39 is 21.8 Å². The molecule has 0 aromatic carbocycles. The normalized spacial score (nSPS) is 11.6. The lowest BCUT2D eigenvalue weighted by Crippen LogP contribution is -2.31. The van der Waals surface area contributed by atoms with E-state index in [2.05, 4.69) is 21.2 Å². The first-order valence-corrected chi connectivity index (χ1v) is 7.63. The van der Waals surface area contributed by atoms with Crippen LogP contribution >= 0.6 is 15.9 Å². The van der Waals surface area contributed by atoms with Crippen molar-refractivity contribution in [2.45, 2.75) is 11.3 Å². The number of carboxylic acid groups (broad SMARTS) is 1. The SMILES string of the molecule is CNC(=O)CCN(C)S(=O)(=O)c1cc(C(=O)O)oc1Br. The van der Waals surface area contributed by atoms with Crippen molar-refractivity contribution in [2.24, 2.45) is 0 Å². The van der Waals surface area contributed by atoms with Crippen LogP contribution in [0.1, 0.15) is 17.0 Å². The van der Waals surface area contributed by atoms with Crippen LogP contribution in [0.25, 0.3) is 0 Å². The van der Waals surface area contributed by atoms with Crippen LogP contribution in [0.3, 0.4) is 0 Å². The summed E-state index contributed by atoms with van der Waals surface area (Å²) in [7, 11) is -1.20. The molecular formula is C10H13BrN2O6S. The van der Waals surface area contributed by atoms with Crippen LogP contribution in [0.5, 0.6) is 0 Å². The molecule has 0 aliphatic heterocycles. The number of sulfonamides is 1. The summed E-state index contributed by atoms with van der Waals surface area (Å²) in [6, 6.07) is 0.915. The van der Waals surface area contributed by atoms with Gasteiger partial charge in [0.25, 0.3) is 0 Å². The average molecular weight is 369 g/mol. The lowest BCUT2D eigenvalue weighted by atomic mass is 10.4. The Kier molecular flexibility index (Phi) is 5.31. The number of aromatic carboxylic acids is 1. The molecule has 0 radical (unpaired) electrons. The molecule has 0 atom stereocenters. The Labute approximate surface area is 123 Å². The fourth-order valence-electron chi connectivity index (χ4n) is 1.31. The molecule has 0 unspecified atom stereocenters. The Hall–Kier alpha value is -1.39. The van der Waals surface area contributed by atoms with Gasteiger partial charge >= 0.3 is 5.97 Å². The van der Waals surface area contributed by atoms with Gasteiger partial charge in [-0.15, -0.1) is 0 Å². The molecule has 1 aromatic rings. The highest BCUT2D eigenvalue weighted by atomic mass is 79.9. The van der Waals surface area contributed by atoms with Gasteiger partial charge in [0.1, 0.15) is 4.90 Å². The summed E-state index contributed by atoms with van der Waals surface area (Å²) in [6.07, 6.45) is -0.00646. The van der Waals surface area contributed by atoms with Crippen molar-refractivity contribution in [3.8, 4) is 0 Å². The molecule has 20 heavy (non-hydrogen) atoms. The molecule has 0 bridgehead atoms. The van der Waals surface area contributed by atoms with Crippen molar-refractivity contribution in [3.05, 3.63) is 16.5 Å². The summed E-state index contributed by atoms with van der Waals surface area (Å²) in [5.74, 6) is -2.17. The van der Waals surface area contributed by atoms with Crippen LogP contribution < -0.4 is 5.32 Å². The summed E-state index contributed by atoms with van der Waals surface area (Å²) < 4.78 is 29.9. The first kappa shape index (κ1) is 16.7. The van der Waals surface area contributed by atoms with Gasteiger partial charge in [0.2, 0.25) is 21.7 Å². The maximum atomic E-state index is 12.2. The van der Waals surface area contributed by atoms with Gasteiger partial charge in [-0.3, -0.25) is 4.79 Å². The molecule has 1 heterocycles. The number of nitrogens with one attached hydrogen (secondary N) is 1. The fraction of sp³-hybridized carbons (Fsp3) is 0.400. The predicted molar refractivity (Wildman–Crippen MR) is 71.9 cm³/mol. The number of hydrogen-bond donors (Lipinski definition) is 2. The molecule has 0 saturated heterocycles. The average Bonchev–Trinajstić information content (AvgIpc) is 2.78. The molecule has 0 fully saturated rings. The van der Waals surface area contributed by atoms with Crippen LogP contribution in [0.4, 0.5) is 0 Å². The monoisotopic (exact) mass is 368 g/mol. The third-order valence-electron chi connectivity index (χ3n) is 2.49. The Morgan fingerprint density at radius 1 is 1.50 bits per heavy atom. The summed E-state index contributed by atoms with van der Waals surface area (Å²) in [4.78, 5) is 21.5. The lowest BCUT2D eigenvalue weighted by Gasteiger charge is -2.15. The Bertz CT molecular complexity index is 624. The van der Waals surface area contributed by atoms with Gasteiger partial charge < -0.3 is 14.8 Å². The first-order chi connectivity index (χ1) is 9.20. The second-order valence-electron chi connectivity index (χ2n) is 3.80. The number of nitrogens with zero attached hydrogens (tertiary/aromatic N) is 1. The van der Waals surface area contributed by atoms with Gasteiger partial charge in [0, 0.05) is 33.1 Å². The highest BCUT2D eigenvalue weighted by molar-refractivity contribution is 9.10. The second-order valence-corrected chi connectivity index (χ2v) is 6.54. The highest BCUT2D eigenvalue weighted by Crippen LogP contribution is 2.28. The fourth-order valence-corrected chi connectivity index (χ4v) is 3.38. The molecule has 8 nitrogen and oxygen atoms in total. The van der Waals surface area contributed by atoms with Crippen LogP contribution in [0.2, 0.25) is 0 Å². The highest BCUT2D eigenvalue weighted by Gasteiger charge is 2.28. The molecule has 0 aliphatic carbocycles. The minimum atomic E-state index is -3.94. The Morgan fingerprint density at radius 3 is 2.55 bits per heavy atom. The van der Waals surface area contributed by atoms with Crippen LogP contribution in [-0.4, -0.2) is 50.3 Å². The van der Waals surface area contributed by atoms with Crippen LogP contribution in [0.15, 0.2) is 20.0 Å². The van der Waals surface area contributed by atoms with E-state index in [0.717, 1.165) is 10.4 Å². The summed E-state index contributed by atoms with van der Waals surface area (Å²) >= 11 is 2.87. The summed E-state index contributed by atoms with van der Waals surface area (Å²) in [5, 5.41) is 11.1. The van der Waals surface area contributed by atoms with Gasteiger partial charge in [0.15, 0.2) is 4.67 Å². The zero-order valence-corrected chi connectivity index (χ0v) is 13.1. The number of hydrogen-bond acceptors (Lipinski definition) is 5. The molecule has 0 aliphatic rings. The van der Waals surface area contributed by atoms with E-state index in [-0.39, 0.29) is 28.4 Å². The number of carbonyl (C=O) groups excluding carboxylic acids is 1. The smallest absolute Gasteiger partial charge is 0.371 e. The molecule has 10 heteroatoms. The third kappa shape index (κ3) is 3.58. The van der Waals surface area contributed by atoms with Gasteiger partial charge in [-0.25, -0.2) is 17.5 Å². The van der Waals surface area contributed by atoms with E-state index >= 15 is 0 Å². The maximum absolute atomic E-state index is 12.2. The Balaban J connectivity index is 2.98. The quantitative estimate of drug-likeness (QED) is 0.754. The van der Waals surface area contributed by atoms with Gasteiger partial charge in [-0.05, 0) is 15.9 Å². The van der Waals surface area contributed by atoms with E-state index in [1.807, 2.05) is 0 Å². The van der Waals surface area contributed by atoms with Crippen molar-refractivity contribution in [2.75, 3.05) is 20.6 Å². The lowest BCUT2D eigenvalue weighted by molar-refractivity contribution is -0.120. The minimum absolute atomic E-state index is 0.00646. The van der Waals surface area contributed by atoms with Crippen molar-refractivity contribution >= 4 is 37.8 Å². The van der Waals surface area contributed by atoms with Gasteiger partial charge in [-0.1, -0.05) is 0 Å². The number of furan rings is 1. The molecule has 112 valence electrons. The summed E-state index contributed by atoms with van der Waals surface area (Å²) in [6.45, 7) is -0.0397. The molecular weight excluding hydrogens is 356 g/mol. The van der Waals surface area contributed by atoms with Gasteiger partial charge in [-0.2, -0.15) is 0 Å².